The van der Waals surface area contributed by atoms with E-state index in [1.807, 2.05) is 5.38 Å². The Morgan fingerprint density at radius 3 is 2.65 bits per heavy atom. The minimum absolute atomic E-state index is 0.0350. The standard InChI is InChI=1S/C22H28FN5O4S2/c1-16-25-21(12-28(16)2)34(30,31)27-22-26-19(15-33-22)6-4-3-5-11-24-20(29)14-32-13-17-7-9-18(23)10-8-17/h7-10,12,15H,3-6,11,13-14H2,1-2H3,(H,24,29)(H,26,27). The summed E-state index contributed by atoms with van der Waals surface area (Å²) in [7, 11) is -2.03. The Balaban J connectivity index is 1.28. The lowest BCUT2D eigenvalue weighted by atomic mass is 10.1. The number of sulfonamides is 1. The van der Waals surface area contributed by atoms with Crippen LogP contribution in [0.4, 0.5) is 9.52 Å². The summed E-state index contributed by atoms with van der Waals surface area (Å²) in [6.07, 6.45) is 4.75. The molecule has 9 nitrogen and oxygen atoms in total. The van der Waals surface area contributed by atoms with Gasteiger partial charge in [-0.25, -0.2) is 14.4 Å². The molecular formula is C22H28FN5O4S2. The predicted molar refractivity (Wildman–Crippen MR) is 127 cm³/mol. The van der Waals surface area contributed by atoms with Crippen molar-refractivity contribution in [3.05, 3.63) is 58.7 Å². The van der Waals surface area contributed by atoms with Crippen LogP contribution < -0.4 is 10.0 Å². The van der Waals surface area contributed by atoms with E-state index in [0.717, 1.165) is 36.9 Å². The molecule has 0 atom stereocenters. The van der Waals surface area contributed by atoms with Crippen molar-refractivity contribution in [3.8, 4) is 0 Å². The third-order valence-electron chi connectivity index (χ3n) is 4.98. The van der Waals surface area contributed by atoms with Crippen LogP contribution in [-0.4, -0.2) is 42.0 Å². The predicted octanol–water partition coefficient (Wildman–Crippen LogP) is 3.17. The van der Waals surface area contributed by atoms with E-state index in [0.29, 0.717) is 17.5 Å². The third kappa shape index (κ3) is 7.89. The molecule has 3 aromatic rings. The van der Waals surface area contributed by atoms with Crippen LogP contribution in [0.25, 0.3) is 0 Å². The molecule has 2 aromatic heterocycles. The molecule has 2 N–H and O–H groups in total. The number of benzene rings is 1. The molecule has 184 valence electrons. The van der Waals surface area contributed by atoms with Gasteiger partial charge in [-0.1, -0.05) is 18.6 Å². The molecule has 0 radical (unpaired) electrons. The van der Waals surface area contributed by atoms with Gasteiger partial charge in [-0.3, -0.25) is 9.52 Å². The first-order valence-electron chi connectivity index (χ1n) is 10.8. The molecule has 0 saturated carbocycles. The number of ether oxygens (including phenoxy) is 1. The highest BCUT2D eigenvalue weighted by Gasteiger charge is 2.20. The van der Waals surface area contributed by atoms with Crippen molar-refractivity contribution in [2.45, 2.75) is 44.2 Å². The van der Waals surface area contributed by atoms with Gasteiger partial charge in [0.2, 0.25) is 5.91 Å². The Morgan fingerprint density at radius 1 is 1.18 bits per heavy atom. The van der Waals surface area contributed by atoms with Crippen LogP contribution in [0.2, 0.25) is 0 Å². The zero-order valence-electron chi connectivity index (χ0n) is 19.1. The van der Waals surface area contributed by atoms with Gasteiger partial charge in [0.15, 0.2) is 10.2 Å². The monoisotopic (exact) mass is 509 g/mol. The van der Waals surface area contributed by atoms with Crippen LogP contribution in [-0.2, 0) is 39.6 Å². The highest BCUT2D eigenvalue weighted by molar-refractivity contribution is 7.92. The molecule has 0 spiro atoms. The largest absolute Gasteiger partial charge is 0.367 e. The van der Waals surface area contributed by atoms with E-state index in [2.05, 4.69) is 20.0 Å². The summed E-state index contributed by atoms with van der Waals surface area (Å²) in [6.45, 7) is 2.48. The number of carbonyl (C=O) groups is 1. The molecule has 0 bridgehead atoms. The van der Waals surface area contributed by atoms with Gasteiger partial charge in [0.25, 0.3) is 10.0 Å². The minimum Gasteiger partial charge on any atom is -0.367 e. The summed E-state index contributed by atoms with van der Waals surface area (Å²) in [4.78, 5) is 20.2. The number of amides is 1. The molecule has 2 heterocycles. The number of nitrogens with one attached hydrogen (secondary N) is 2. The van der Waals surface area contributed by atoms with E-state index in [9.17, 15) is 17.6 Å². The van der Waals surface area contributed by atoms with Crippen molar-refractivity contribution in [1.29, 1.82) is 0 Å². The number of anilines is 1. The summed E-state index contributed by atoms with van der Waals surface area (Å²) >= 11 is 1.24. The maximum Gasteiger partial charge on any atom is 0.282 e. The zero-order valence-corrected chi connectivity index (χ0v) is 20.7. The van der Waals surface area contributed by atoms with E-state index in [1.54, 1.807) is 30.7 Å². The summed E-state index contributed by atoms with van der Waals surface area (Å²) in [5, 5.41) is 4.92. The second-order valence-corrected chi connectivity index (χ2v) is 10.3. The summed E-state index contributed by atoms with van der Waals surface area (Å²) in [6, 6.07) is 5.95. The van der Waals surface area contributed by atoms with Crippen LogP contribution in [0.3, 0.4) is 0 Å². The number of hydrogen-bond acceptors (Lipinski definition) is 7. The zero-order chi connectivity index (χ0) is 24.6. The molecule has 1 aromatic carbocycles. The van der Waals surface area contributed by atoms with E-state index in [4.69, 9.17) is 4.74 Å². The second kappa shape index (κ2) is 12.0. The number of hydrogen-bond donors (Lipinski definition) is 2. The fraction of sp³-hybridized carbons (Fsp3) is 0.409. The Morgan fingerprint density at radius 2 is 1.94 bits per heavy atom. The molecule has 0 fully saturated rings. The molecular weight excluding hydrogens is 481 g/mol. The molecule has 0 unspecified atom stereocenters. The number of imidazole rings is 1. The number of nitrogens with zero attached hydrogens (tertiary/aromatic N) is 3. The highest BCUT2D eigenvalue weighted by atomic mass is 32.2. The molecule has 0 aliphatic heterocycles. The topological polar surface area (TPSA) is 115 Å². The van der Waals surface area contributed by atoms with Gasteiger partial charge >= 0.3 is 0 Å². The summed E-state index contributed by atoms with van der Waals surface area (Å²) in [5.74, 6) is 0.104. The van der Waals surface area contributed by atoms with Gasteiger partial charge in [-0.15, -0.1) is 11.3 Å². The maximum atomic E-state index is 12.9. The Bertz CT molecular complexity index is 1170. The van der Waals surface area contributed by atoms with Crippen LogP contribution in [0.15, 0.2) is 40.9 Å². The normalized spacial score (nSPS) is 11.5. The molecule has 1 amide bonds. The smallest absolute Gasteiger partial charge is 0.282 e. The van der Waals surface area contributed by atoms with Crippen LogP contribution >= 0.6 is 11.3 Å². The number of aromatic nitrogens is 3. The van der Waals surface area contributed by atoms with Gasteiger partial charge in [0.1, 0.15) is 18.2 Å². The molecule has 12 heteroatoms. The van der Waals surface area contributed by atoms with Crippen molar-refractivity contribution in [2.75, 3.05) is 17.9 Å². The highest BCUT2D eigenvalue weighted by Crippen LogP contribution is 2.21. The second-order valence-electron chi connectivity index (χ2n) is 7.77. The van der Waals surface area contributed by atoms with E-state index >= 15 is 0 Å². The lowest BCUT2D eigenvalue weighted by Gasteiger charge is -2.06. The quantitative estimate of drug-likeness (QED) is 0.342. The Hall–Kier alpha value is -2.83. The number of thiazole rings is 1. The van der Waals surface area contributed by atoms with E-state index < -0.39 is 10.0 Å². The summed E-state index contributed by atoms with van der Waals surface area (Å²) in [5.41, 5.74) is 1.62. The number of unbranched alkanes of at least 4 members (excludes halogenated alkanes) is 2. The lowest BCUT2D eigenvalue weighted by Crippen LogP contribution is -2.28. The molecule has 0 aliphatic rings. The molecule has 0 saturated heterocycles. The van der Waals surface area contributed by atoms with Crippen molar-refractivity contribution in [2.24, 2.45) is 7.05 Å². The Labute approximate surface area is 202 Å². The van der Waals surface area contributed by atoms with Crippen LogP contribution in [0, 0.1) is 12.7 Å². The number of halogens is 1. The van der Waals surface area contributed by atoms with Crippen molar-refractivity contribution in [1.82, 2.24) is 19.9 Å². The van der Waals surface area contributed by atoms with E-state index in [-0.39, 0.29) is 30.0 Å². The summed E-state index contributed by atoms with van der Waals surface area (Å²) < 4.78 is 47.2. The van der Waals surface area contributed by atoms with Crippen molar-refractivity contribution >= 4 is 32.4 Å². The fourth-order valence-corrected chi connectivity index (χ4v) is 5.06. The molecule has 34 heavy (non-hydrogen) atoms. The van der Waals surface area contributed by atoms with Crippen LogP contribution in [0.5, 0.6) is 0 Å². The number of carbonyl (C=O) groups excluding carboxylic acids is 1. The van der Waals surface area contributed by atoms with Gasteiger partial charge in [0.05, 0.1) is 12.3 Å². The maximum absolute atomic E-state index is 12.9. The minimum atomic E-state index is -3.77. The first kappa shape index (κ1) is 25.8. The van der Waals surface area contributed by atoms with Gasteiger partial charge in [-0.05, 0) is 43.9 Å². The number of rotatable bonds is 13. The lowest BCUT2D eigenvalue weighted by molar-refractivity contribution is -0.126. The van der Waals surface area contributed by atoms with Gasteiger partial charge in [0, 0.05) is 25.2 Å². The SMILES string of the molecule is Cc1nc(S(=O)(=O)Nc2nc(CCCCCNC(=O)COCc3ccc(F)cc3)cs2)cn1C. The van der Waals surface area contributed by atoms with Crippen molar-refractivity contribution in [3.63, 3.8) is 0 Å². The number of aryl methyl sites for hydroxylation is 3. The molecule has 0 aliphatic carbocycles. The Kier molecular flexibility index (Phi) is 9.13. The van der Waals surface area contributed by atoms with Gasteiger partial charge in [-0.2, -0.15) is 8.42 Å². The van der Waals surface area contributed by atoms with Gasteiger partial charge < -0.3 is 14.6 Å². The average molecular weight is 510 g/mol. The van der Waals surface area contributed by atoms with E-state index in [1.165, 1.54) is 29.7 Å². The first-order valence-corrected chi connectivity index (χ1v) is 13.2. The third-order valence-corrected chi connectivity index (χ3v) is 7.13. The average Bonchev–Trinajstić information content (AvgIpc) is 3.37. The molecule has 3 rings (SSSR count). The first-order chi connectivity index (χ1) is 16.2. The van der Waals surface area contributed by atoms with Crippen LogP contribution in [0.1, 0.15) is 36.3 Å². The van der Waals surface area contributed by atoms with Crippen molar-refractivity contribution < 1.29 is 22.3 Å². The fourth-order valence-electron chi connectivity index (χ4n) is 3.02.